The van der Waals surface area contributed by atoms with Gasteiger partial charge in [-0.2, -0.15) is 0 Å². The molecule has 0 aliphatic carbocycles. The van der Waals surface area contributed by atoms with E-state index in [2.05, 4.69) is 5.32 Å². The summed E-state index contributed by atoms with van der Waals surface area (Å²) >= 11 is 0. The van der Waals surface area contributed by atoms with E-state index in [1.807, 2.05) is 0 Å². The minimum atomic E-state index is -0.883. The van der Waals surface area contributed by atoms with Crippen LogP contribution in [0, 0.1) is 0 Å². The van der Waals surface area contributed by atoms with E-state index >= 15 is 0 Å². The Morgan fingerprint density at radius 3 is 2.27 bits per heavy atom. The first kappa shape index (κ1) is 14.2. The molecule has 0 radical (unpaired) electrons. The molecule has 1 aliphatic rings. The molecule has 0 bridgehead atoms. The van der Waals surface area contributed by atoms with Crippen molar-refractivity contribution in [3.63, 3.8) is 0 Å². The molecular formula is C5H9CuINO3. The van der Waals surface area contributed by atoms with Crippen LogP contribution in [-0.4, -0.2) is 34.9 Å². The second-order valence-corrected chi connectivity index (χ2v) is 2.19. The Balaban J connectivity index is 0. The van der Waals surface area contributed by atoms with Crippen LogP contribution in [0.2, 0.25) is 0 Å². The Morgan fingerprint density at radius 1 is 1.55 bits per heavy atom. The van der Waals surface area contributed by atoms with Crippen molar-refractivity contribution in [3.05, 3.63) is 0 Å². The first-order valence-corrected chi connectivity index (χ1v) is 2.84. The first-order valence-electron chi connectivity index (χ1n) is 2.84. The Morgan fingerprint density at radius 2 is 2.09 bits per heavy atom. The van der Waals surface area contributed by atoms with Gasteiger partial charge in [-0.3, -0.25) is 4.79 Å². The van der Waals surface area contributed by atoms with Gasteiger partial charge < -0.3 is 39.5 Å². The van der Waals surface area contributed by atoms with Gasteiger partial charge >= 0.3 is 23.0 Å². The average molecular weight is 322 g/mol. The number of halogens is 1. The van der Waals surface area contributed by atoms with E-state index in [0.29, 0.717) is 13.0 Å². The normalized spacial score (nSPS) is 28.5. The maximum atomic E-state index is 10.2. The van der Waals surface area contributed by atoms with E-state index in [4.69, 9.17) is 10.2 Å². The molecule has 0 aromatic rings. The number of carboxylic acids is 1. The van der Waals surface area contributed by atoms with E-state index in [1.54, 1.807) is 0 Å². The molecule has 4 nitrogen and oxygen atoms in total. The summed E-state index contributed by atoms with van der Waals surface area (Å²) in [6.45, 7) is 0.400. The molecule has 1 rings (SSSR count). The molecule has 1 unspecified atom stereocenters. The van der Waals surface area contributed by atoms with Crippen LogP contribution in [0.25, 0.3) is 0 Å². The van der Waals surface area contributed by atoms with Crippen LogP contribution in [0.3, 0.4) is 0 Å². The van der Waals surface area contributed by atoms with Crippen LogP contribution in [0.1, 0.15) is 6.42 Å². The summed E-state index contributed by atoms with van der Waals surface area (Å²) in [5.41, 5.74) is 0. The summed E-state index contributed by atoms with van der Waals surface area (Å²) in [7, 11) is 0. The molecule has 1 heterocycles. The number of hydrogen-bond donors (Lipinski definition) is 3. The predicted molar refractivity (Wildman–Crippen MR) is 30.1 cm³/mol. The molecule has 11 heavy (non-hydrogen) atoms. The minimum Gasteiger partial charge on any atom is -1.00 e. The number of β-amino-alcohol motifs (C(OH)–C–C–N with tert-alkyl or cyclic N) is 1. The molecule has 0 aromatic heterocycles. The largest absolute Gasteiger partial charge is 1.00 e. The Bertz CT molecular complexity index is 135. The number of hydrogen-bond acceptors (Lipinski definition) is 3. The standard InChI is InChI=1S/C5H9NO3.Cu.HI/c7-3-1-4(5(8)9)6-2-3;;/h3-4,6-7H,1-2H2,(H,8,9);;1H/q;+1;/p-1/t3?,4-;;/m0../s1. The van der Waals surface area contributed by atoms with Gasteiger partial charge in [-0.1, -0.05) is 0 Å². The number of carbonyl (C=O) groups is 1. The van der Waals surface area contributed by atoms with Gasteiger partial charge in [0.1, 0.15) is 6.04 Å². The van der Waals surface area contributed by atoms with Gasteiger partial charge in [0.2, 0.25) is 0 Å². The number of carboxylic acid groups (broad SMARTS) is 1. The molecule has 1 fully saturated rings. The Labute approximate surface area is 92.2 Å². The number of rotatable bonds is 1. The fourth-order valence-electron chi connectivity index (χ4n) is 0.905. The molecule has 0 aromatic carbocycles. The van der Waals surface area contributed by atoms with Crippen molar-refractivity contribution in [2.24, 2.45) is 0 Å². The molecule has 70 valence electrons. The number of aliphatic hydroxyl groups excluding tert-OH is 1. The van der Waals surface area contributed by atoms with Crippen molar-refractivity contribution in [2.75, 3.05) is 6.54 Å². The number of aliphatic carboxylic acids is 1. The monoisotopic (exact) mass is 321 g/mol. The van der Waals surface area contributed by atoms with Crippen LogP contribution in [0.4, 0.5) is 0 Å². The molecule has 0 saturated carbocycles. The topological polar surface area (TPSA) is 69.6 Å². The molecule has 3 N–H and O–H groups in total. The van der Waals surface area contributed by atoms with Crippen molar-refractivity contribution in [2.45, 2.75) is 18.6 Å². The van der Waals surface area contributed by atoms with Crippen LogP contribution in [-0.2, 0) is 21.9 Å². The van der Waals surface area contributed by atoms with Gasteiger partial charge in [-0.25, -0.2) is 0 Å². The summed E-state index contributed by atoms with van der Waals surface area (Å²) in [4.78, 5) is 10.2. The first-order chi connectivity index (χ1) is 4.20. The predicted octanol–water partition coefficient (Wildman–Crippen LogP) is -4.20. The van der Waals surface area contributed by atoms with Gasteiger partial charge in [-0.05, 0) is 0 Å². The van der Waals surface area contributed by atoms with Crippen molar-refractivity contribution < 1.29 is 56.1 Å². The fourth-order valence-corrected chi connectivity index (χ4v) is 0.905. The van der Waals surface area contributed by atoms with Crippen LogP contribution < -0.4 is 29.3 Å². The number of aliphatic hydroxyl groups is 1. The second kappa shape index (κ2) is 6.19. The molecule has 0 spiro atoms. The van der Waals surface area contributed by atoms with Crippen LogP contribution in [0.5, 0.6) is 0 Å². The third-order valence-corrected chi connectivity index (χ3v) is 1.41. The summed E-state index contributed by atoms with van der Waals surface area (Å²) < 4.78 is 0. The zero-order valence-electron chi connectivity index (χ0n) is 5.55. The van der Waals surface area contributed by atoms with Crippen LogP contribution in [0.15, 0.2) is 0 Å². The average Bonchev–Trinajstić information content (AvgIpc) is 2.14. The van der Waals surface area contributed by atoms with Crippen molar-refractivity contribution >= 4 is 5.97 Å². The summed E-state index contributed by atoms with van der Waals surface area (Å²) in [6, 6.07) is -0.542. The van der Waals surface area contributed by atoms with Crippen molar-refractivity contribution in [3.8, 4) is 0 Å². The van der Waals surface area contributed by atoms with E-state index in [0.717, 1.165) is 0 Å². The third-order valence-electron chi connectivity index (χ3n) is 1.41. The molecule has 6 heteroatoms. The summed E-state index contributed by atoms with van der Waals surface area (Å²) in [6.07, 6.45) is -0.152. The van der Waals surface area contributed by atoms with Crippen LogP contribution >= 0.6 is 0 Å². The van der Waals surface area contributed by atoms with Gasteiger partial charge in [-0.15, -0.1) is 0 Å². The SMILES string of the molecule is O=C(O)[C@@H]1CC(O)CN1.[Cu+].[I-]. The minimum absolute atomic E-state index is 0. The Hall–Kier alpha value is 0.639. The quantitative estimate of drug-likeness (QED) is 0.338. The summed E-state index contributed by atoms with van der Waals surface area (Å²) in [5, 5.41) is 19.8. The maximum Gasteiger partial charge on any atom is 1.00 e. The third kappa shape index (κ3) is 4.27. The zero-order chi connectivity index (χ0) is 6.85. The van der Waals surface area contributed by atoms with Gasteiger partial charge in [0, 0.05) is 13.0 Å². The van der Waals surface area contributed by atoms with Gasteiger partial charge in [0.25, 0.3) is 0 Å². The smallest absolute Gasteiger partial charge is 1.00 e. The molecule has 1 saturated heterocycles. The second-order valence-electron chi connectivity index (χ2n) is 2.19. The maximum absolute atomic E-state index is 10.2. The fraction of sp³-hybridized carbons (Fsp3) is 0.800. The summed E-state index contributed by atoms with van der Waals surface area (Å²) in [5.74, 6) is -0.883. The molecule has 2 atom stereocenters. The van der Waals surface area contributed by atoms with Gasteiger partial charge in [0.05, 0.1) is 6.10 Å². The molecule has 1 aliphatic heterocycles. The molecular weight excluding hydrogens is 313 g/mol. The van der Waals surface area contributed by atoms with E-state index in [-0.39, 0.29) is 41.0 Å². The number of nitrogens with one attached hydrogen (secondary N) is 1. The Kier molecular flexibility index (Phi) is 7.98. The zero-order valence-corrected chi connectivity index (χ0v) is 8.65. The van der Waals surface area contributed by atoms with Gasteiger partial charge in [0.15, 0.2) is 0 Å². The van der Waals surface area contributed by atoms with Crippen molar-refractivity contribution in [1.29, 1.82) is 0 Å². The van der Waals surface area contributed by atoms with E-state index in [1.165, 1.54) is 0 Å². The van der Waals surface area contributed by atoms with E-state index < -0.39 is 18.1 Å². The molecule has 0 amide bonds. The van der Waals surface area contributed by atoms with E-state index in [9.17, 15) is 4.79 Å². The van der Waals surface area contributed by atoms with Crippen molar-refractivity contribution in [1.82, 2.24) is 5.32 Å².